The van der Waals surface area contributed by atoms with Crippen molar-refractivity contribution in [2.75, 3.05) is 6.54 Å². The summed E-state index contributed by atoms with van der Waals surface area (Å²) in [5.41, 5.74) is 10.5. The molecule has 0 radical (unpaired) electrons. The maximum Gasteiger partial charge on any atom is 0.185 e. The Morgan fingerprint density at radius 2 is 2.25 bits per heavy atom. The van der Waals surface area contributed by atoms with E-state index in [2.05, 4.69) is 4.99 Å². The zero-order valence-corrected chi connectivity index (χ0v) is 7.07. The van der Waals surface area contributed by atoms with Crippen LogP contribution in [-0.4, -0.2) is 24.7 Å². The van der Waals surface area contributed by atoms with Gasteiger partial charge in [-0.2, -0.15) is 0 Å². The van der Waals surface area contributed by atoms with Crippen LogP contribution in [0.15, 0.2) is 4.99 Å². The molecule has 2 heterocycles. The third kappa shape index (κ3) is 1.39. The lowest BCUT2D eigenvalue weighted by atomic mass is 9.89. The molecule has 0 spiro atoms. The van der Waals surface area contributed by atoms with Crippen LogP contribution in [0.5, 0.6) is 0 Å². The number of hydrogen-bond acceptors (Lipinski definition) is 2. The highest BCUT2D eigenvalue weighted by atomic mass is 16.5. The van der Waals surface area contributed by atoms with Crippen molar-refractivity contribution >= 4 is 5.96 Å². The molecule has 2 aliphatic heterocycles. The Hall–Kier alpha value is -0.770. The van der Waals surface area contributed by atoms with Crippen LogP contribution in [0.2, 0.25) is 0 Å². The fraction of sp³-hybridized carbons (Fsp3) is 0.875. The third-order valence-electron chi connectivity index (χ3n) is 2.74. The summed E-state index contributed by atoms with van der Waals surface area (Å²) in [7, 11) is 0. The normalized spacial score (nSPS) is 38.5. The average Bonchev–Trinajstić information content (AvgIpc) is 2.60. The molecule has 0 aliphatic carbocycles. The van der Waals surface area contributed by atoms with Gasteiger partial charge in [-0.05, 0) is 19.3 Å². The first-order chi connectivity index (χ1) is 5.75. The highest BCUT2D eigenvalue weighted by Gasteiger charge is 2.40. The first-order valence-electron chi connectivity index (χ1n) is 4.46. The fourth-order valence-electron chi connectivity index (χ4n) is 2.16. The maximum atomic E-state index is 5.67. The minimum atomic E-state index is 0.192. The Labute approximate surface area is 72.0 Å². The lowest BCUT2D eigenvalue weighted by Crippen LogP contribution is -2.26. The number of rotatable bonds is 2. The van der Waals surface area contributed by atoms with Crippen molar-refractivity contribution in [2.24, 2.45) is 22.4 Å². The zero-order valence-electron chi connectivity index (χ0n) is 7.07. The van der Waals surface area contributed by atoms with Crippen molar-refractivity contribution in [3.63, 3.8) is 0 Å². The number of nitrogens with zero attached hydrogens (tertiary/aromatic N) is 1. The molecule has 2 bridgehead atoms. The molecule has 3 atom stereocenters. The van der Waals surface area contributed by atoms with E-state index in [4.69, 9.17) is 16.2 Å². The molecule has 2 fully saturated rings. The van der Waals surface area contributed by atoms with Gasteiger partial charge in [0, 0.05) is 12.5 Å². The van der Waals surface area contributed by atoms with Gasteiger partial charge in [-0.1, -0.05) is 0 Å². The number of nitrogens with two attached hydrogens (primary N) is 2. The van der Waals surface area contributed by atoms with E-state index in [9.17, 15) is 0 Å². The molecule has 0 aromatic carbocycles. The molecule has 2 aliphatic rings. The van der Waals surface area contributed by atoms with E-state index in [0.29, 0.717) is 18.1 Å². The van der Waals surface area contributed by atoms with E-state index in [-0.39, 0.29) is 5.96 Å². The molecule has 4 nitrogen and oxygen atoms in total. The molecular weight excluding hydrogens is 154 g/mol. The van der Waals surface area contributed by atoms with E-state index < -0.39 is 0 Å². The lowest BCUT2D eigenvalue weighted by molar-refractivity contribution is 0.0937. The minimum absolute atomic E-state index is 0.192. The standard InChI is InChI=1S/C8H15N3O/c9-8(10)11-4-5-3-6-1-2-7(5)12-6/h5-7H,1-4H2,(H4,9,10,11). The Kier molecular flexibility index (Phi) is 1.92. The molecule has 2 saturated heterocycles. The highest BCUT2D eigenvalue weighted by molar-refractivity contribution is 5.75. The number of hydrogen-bond donors (Lipinski definition) is 2. The van der Waals surface area contributed by atoms with Crippen LogP contribution in [0.3, 0.4) is 0 Å². The van der Waals surface area contributed by atoms with Gasteiger partial charge in [-0.15, -0.1) is 0 Å². The van der Waals surface area contributed by atoms with Gasteiger partial charge in [0.1, 0.15) is 0 Å². The number of ether oxygens (including phenoxy) is 1. The Balaban J connectivity index is 1.87. The monoisotopic (exact) mass is 169 g/mol. The molecule has 0 amide bonds. The SMILES string of the molecule is NC(N)=NCC1CC2CCC1O2. The van der Waals surface area contributed by atoms with Crippen LogP contribution in [0.25, 0.3) is 0 Å². The minimum Gasteiger partial charge on any atom is -0.375 e. The van der Waals surface area contributed by atoms with Gasteiger partial charge < -0.3 is 16.2 Å². The van der Waals surface area contributed by atoms with Gasteiger partial charge in [-0.25, -0.2) is 0 Å². The first-order valence-corrected chi connectivity index (χ1v) is 4.46. The van der Waals surface area contributed by atoms with E-state index in [1.807, 2.05) is 0 Å². The lowest BCUT2D eigenvalue weighted by Gasteiger charge is -2.15. The Morgan fingerprint density at radius 1 is 1.42 bits per heavy atom. The second kappa shape index (κ2) is 2.94. The third-order valence-corrected chi connectivity index (χ3v) is 2.74. The summed E-state index contributed by atoms with van der Waals surface area (Å²) in [5, 5.41) is 0. The molecule has 0 aromatic rings. The quantitative estimate of drug-likeness (QED) is 0.445. The maximum absolute atomic E-state index is 5.67. The molecule has 12 heavy (non-hydrogen) atoms. The van der Waals surface area contributed by atoms with Crippen LogP contribution in [0.1, 0.15) is 19.3 Å². The smallest absolute Gasteiger partial charge is 0.185 e. The van der Waals surface area contributed by atoms with Crippen molar-refractivity contribution < 1.29 is 4.74 Å². The van der Waals surface area contributed by atoms with Gasteiger partial charge in [0.05, 0.1) is 12.2 Å². The second-order valence-electron chi connectivity index (χ2n) is 3.64. The Bertz CT molecular complexity index is 200. The molecule has 3 unspecified atom stereocenters. The topological polar surface area (TPSA) is 73.6 Å². The number of fused-ring (bicyclic) bond motifs is 2. The highest BCUT2D eigenvalue weighted by Crippen LogP contribution is 2.38. The van der Waals surface area contributed by atoms with Crippen LogP contribution in [-0.2, 0) is 4.74 Å². The first kappa shape index (κ1) is 7.86. The van der Waals surface area contributed by atoms with E-state index in [1.54, 1.807) is 0 Å². The largest absolute Gasteiger partial charge is 0.375 e. The number of aliphatic imine (C=N–C) groups is 1. The average molecular weight is 169 g/mol. The predicted octanol–water partition coefficient (Wildman–Crippen LogP) is -0.173. The van der Waals surface area contributed by atoms with Crippen LogP contribution >= 0.6 is 0 Å². The zero-order chi connectivity index (χ0) is 8.55. The van der Waals surface area contributed by atoms with Gasteiger partial charge in [0.25, 0.3) is 0 Å². The van der Waals surface area contributed by atoms with Gasteiger partial charge in [0.15, 0.2) is 5.96 Å². The summed E-state index contributed by atoms with van der Waals surface area (Å²) in [4.78, 5) is 4.02. The summed E-state index contributed by atoms with van der Waals surface area (Å²) < 4.78 is 5.67. The van der Waals surface area contributed by atoms with E-state index >= 15 is 0 Å². The summed E-state index contributed by atoms with van der Waals surface area (Å²) >= 11 is 0. The van der Waals surface area contributed by atoms with E-state index in [1.165, 1.54) is 12.8 Å². The molecule has 2 rings (SSSR count). The second-order valence-corrected chi connectivity index (χ2v) is 3.64. The number of guanidine groups is 1. The van der Waals surface area contributed by atoms with Gasteiger partial charge in [0.2, 0.25) is 0 Å². The van der Waals surface area contributed by atoms with Crippen molar-refractivity contribution in [2.45, 2.75) is 31.5 Å². The predicted molar refractivity (Wildman–Crippen MR) is 46.7 cm³/mol. The van der Waals surface area contributed by atoms with E-state index in [0.717, 1.165) is 13.0 Å². The van der Waals surface area contributed by atoms with Crippen molar-refractivity contribution in [3.8, 4) is 0 Å². The van der Waals surface area contributed by atoms with Gasteiger partial charge >= 0.3 is 0 Å². The summed E-state index contributed by atoms with van der Waals surface area (Å²) in [6.45, 7) is 0.740. The molecule has 68 valence electrons. The molecule has 4 heteroatoms. The van der Waals surface area contributed by atoms with Gasteiger partial charge in [-0.3, -0.25) is 4.99 Å². The van der Waals surface area contributed by atoms with Crippen molar-refractivity contribution in [3.05, 3.63) is 0 Å². The van der Waals surface area contributed by atoms with Crippen molar-refractivity contribution in [1.82, 2.24) is 0 Å². The summed E-state index contributed by atoms with van der Waals surface area (Å²) in [5.74, 6) is 0.753. The molecule has 0 saturated carbocycles. The van der Waals surface area contributed by atoms with Crippen LogP contribution in [0, 0.1) is 5.92 Å². The molecule has 0 aromatic heterocycles. The molecular formula is C8H15N3O. The Morgan fingerprint density at radius 3 is 2.75 bits per heavy atom. The fourth-order valence-corrected chi connectivity index (χ4v) is 2.16. The van der Waals surface area contributed by atoms with Crippen molar-refractivity contribution in [1.29, 1.82) is 0 Å². The summed E-state index contributed by atoms with van der Waals surface area (Å²) in [6.07, 6.45) is 4.48. The molecule has 4 N–H and O–H groups in total. The van der Waals surface area contributed by atoms with Crippen LogP contribution < -0.4 is 11.5 Å². The summed E-state index contributed by atoms with van der Waals surface area (Å²) in [6, 6.07) is 0. The van der Waals surface area contributed by atoms with Crippen LogP contribution in [0.4, 0.5) is 0 Å².